The summed E-state index contributed by atoms with van der Waals surface area (Å²) in [5, 5.41) is 0.850. The predicted octanol–water partition coefficient (Wildman–Crippen LogP) is 0.532. The molecule has 1 heterocycles. The van der Waals surface area contributed by atoms with Crippen LogP contribution in [0.15, 0.2) is 12.3 Å². The van der Waals surface area contributed by atoms with Crippen LogP contribution in [0.3, 0.4) is 0 Å². The Bertz CT molecular complexity index is 333. The SMILES string of the molecule is C=C1CCC(=O)N1OC(=O)[C@H](C)OC(C)=O. The van der Waals surface area contributed by atoms with Crippen LogP contribution in [0.4, 0.5) is 0 Å². The third kappa shape index (κ3) is 2.82. The van der Waals surface area contributed by atoms with E-state index in [0.717, 1.165) is 5.06 Å². The van der Waals surface area contributed by atoms with Gasteiger partial charge in [0.25, 0.3) is 5.91 Å². The van der Waals surface area contributed by atoms with Gasteiger partial charge in [0.1, 0.15) is 0 Å². The highest BCUT2D eigenvalue weighted by atomic mass is 16.7. The molecule has 1 amide bonds. The fraction of sp³-hybridized carbons (Fsp3) is 0.500. The summed E-state index contributed by atoms with van der Waals surface area (Å²) in [5.41, 5.74) is 0.424. The van der Waals surface area contributed by atoms with Crippen molar-refractivity contribution in [2.75, 3.05) is 0 Å². The molecule has 0 bridgehead atoms. The standard InChI is InChI=1S/C10H13NO5/c1-6-4-5-9(13)11(6)16-10(14)7(2)15-8(3)12/h7H,1,4-5H2,2-3H3/t7-/m0/s1. The van der Waals surface area contributed by atoms with Crippen LogP contribution < -0.4 is 0 Å². The molecule has 1 aliphatic heterocycles. The molecule has 0 aliphatic carbocycles. The summed E-state index contributed by atoms with van der Waals surface area (Å²) in [7, 11) is 0. The van der Waals surface area contributed by atoms with Gasteiger partial charge >= 0.3 is 11.9 Å². The summed E-state index contributed by atoms with van der Waals surface area (Å²) < 4.78 is 4.61. The molecule has 1 saturated heterocycles. The van der Waals surface area contributed by atoms with E-state index in [1.165, 1.54) is 13.8 Å². The Labute approximate surface area is 92.8 Å². The maximum atomic E-state index is 11.4. The predicted molar refractivity (Wildman–Crippen MR) is 52.5 cm³/mol. The largest absolute Gasteiger partial charge is 0.451 e. The third-order valence-electron chi connectivity index (χ3n) is 2.00. The van der Waals surface area contributed by atoms with Crippen LogP contribution >= 0.6 is 0 Å². The van der Waals surface area contributed by atoms with Crippen molar-refractivity contribution in [1.82, 2.24) is 5.06 Å². The summed E-state index contributed by atoms with van der Waals surface area (Å²) in [5.74, 6) is -1.71. The van der Waals surface area contributed by atoms with Gasteiger partial charge in [-0.3, -0.25) is 9.59 Å². The van der Waals surface area contributed by atoms with E-state index in [-0.39, 0.29) is 12.3 Å². The van der Waals surface area contributed by atoms with E-state index in [9.17, 15) is 14.4 Å². The Morgan fingerprint density at radius 2 is 2.06 bits per heavy atom. The van der Waals surface area contributed by atoms with Gasteiger partial charge in [0, 0.05) is 13.3 Å². The van der Waals surface area contributed by atoms with Gasteiger partial charge in [0.05, 0.1) is 5.70 Å². The van der Waals surface area contributed by atoms with Crippen molar-refractivity contribution in [1.29, 1.82) is 0 Å². The minimum absolute atomic E-state index is 0.272. The molecule has 0 aromatic carbocycles. The fourth-order valence-electron chi connectivity index (χ4n) is 1.21. The molecule has 6 heteroatoms. The third-order valence-corrected chi connectivity index (χ3v) is 2.00. The average molecular weight is 227 g/mol. The smallest absolute Gasteiger partial charge is 0.372 e. The molecule has 0 N–H and O–H groups in total. The Balaban J connectivity index is 2.53. The van der Waals surface area contributed by atoms with Gasteiger partial charge in [0.2, 0.25) is 0 Å². The molecular weight excluding hydrogens is 214 g/mol. The Kier molecular flexibility index (Phi) is 3.65. The van der Waals surface area contributed by atoms with Crippen LogP contribution in [-0.4, -0.2) is 29.0 Å². The molecule has 0 saturated carbocycles. The first-order chi connectivity index (χ1) is 7.41. The van der Waals surface area contributed by atoms with E-state index in [1.807, 2.05) is 0 Å². The molecule has 6 nitrogen and oxygen atoms in total. The number of carbonyl (C=O) groups is 3. The zero-order valence-electron chi connectivity index (χ0n) is 9.19. The zero-order chi connectivity index (χ0) is 12.3. The first kappa shape index (κ1) is 12.2. The van der Waals surface area contributed by atoms with Crippen molar-refractivity contribution in [2.45, 2.75) is 32.8 Å². The van der Waals surface area contributed by atoms with Crippen LogP contribution in [0.1, 0.15) is 26.7 Å². The van der Waals surface area contributed by atoms with Crippen molar-refractivity contribution < 1.29 is 24.0 Å². The van der Waals surface area contributed by atoms with Crippen molar-refractivity contribution >= 4 is 17.8 Å². The van der Waals surface area contributed by atoms with Gasteiger partial charge in [-0.25, -0.2) is 4.79 Å². The topological polar surface area (TPSA) is 72.9 Å². The summed E-state index contributed by atoms with van der Waals surface area (Å²) in [6.45, 7) is 6.13. The van der Waals surface area contributed by atoms with Gasteiger partial charge in [-0.05, 0) is 13.3 Å². The fourth-order valence-corrected chi connectivity index (χ4v) is 1.21. The van der Waals surface area contributed by atoms with Gasteiger partial charge < -0.3 is 9.57 Å². The molecule has 16 heavy (non-hydrogen) atoms. The lowest BCUT2D eigenvalue weighted by atomic mass is 10.3. The lowest BCUT2D eigenvalue weighted by molar-refractivity contribution is -0.196. The molecule has 1 fully saturated rings. The second-order valence-corrected chi connectivity index (χ2v) is 3.42. The maximum absolute atomic E-state index is 11.4. The van der Waals surface area contributed by atoms with E-state index in [1.54, 1.807) is 0 Å². The monoisotopic (exact) mass is 227 g/mol. The first-order valence-corrected chi connectivity index (χ1v) is 4.81. The number of nitrogens with zero attached hydrogens (tertiary/aromatic N) is 1. The number of hydrogen-bond acceptors (Lipinski definition) is 5. The summed E-state index contributed by atoms with van der Waals surface area (Å²) in [4.78, 5) is 38.0. The summed E-state index contributed by atoms with van der Waals surface area (Å²) in [6, 6.07) is 0. The van der Waals surface area contributed by atoms with Crippen LogP contribution in [0.25, 0.3) is 0 Å². The number of carbonyl (C=O) groups excluding carboxylic acids is 3. The van der Waals surface area contributed by atoms with Gasteiger partial charge in [-0.1, -0.05) is 6.58 Å². The number of hydrogen-bond donors (Lipinski definition) is 0. The highest BCUT2D eigenvalue weighted by Crippen LogP contribution is 2.21. The van der Waals surface area contributed by atoms with Crippen LogP contribution in [0, 0.1) is 0 Å². The molecule has 88 valence electrons. The second kappa shape index (κ2) is 4.78. The Morgan fingerprint density at radius 3 is 2.50 bits per heavy atom. The quantitative estimate of drug-likeness (QED) is 0.657. The minimum atomic E-state index is -1.04. The normalized spacial score (nSPS) is 17.2. The average Bonchev–Trinajstić information content (AvgIpc) is 2.48. The molecule has 0 aromatic rings. The van der Waals surface area contributed by atoms with Gasteiger partial charge in [-0.2, -0.15) is 0 Å². The van der Waals surface area contributed by atoms with Crippen molar-refractivity contribution in [2.24, 2.45) is 0 Å². The van der Waals surface area contributed by atoms with E-state index in [0.29, 0.717) is 12.1 Å². The molecule has 0 unspecified atom stereocenters. The number of esters is 1. The van der Waals surface area contributed by atoms with Crippen molar-refractivity contribution in [3.8, 4) is 0 Å². The van der Waals surface area contributed by atoms with Crippen LogP contribution in [0.2, 0.25) is 0 Å². The van der Waals surface area contributed by atoms with Gasteiger partial charge in [-0.15, -0.1) is 5.06 Å². The van der Waals surface area contributed by atoms with E-state index >= 15 is 0 Å². The van der Waals surface area contributed by atoms with Crippen LogP contribution in [0.5, 0.6) is 0 Å². The number of amides is 1. The molecule has 1 aliphatic rings. The molecule has 0 aromatic heterocycles. The van der Waals surface area contributed by atoms with E-state index < -0.39 is 18.0 Å². The highest BCUT2D eigenvalue weighted by molar-refractivity contribution is 5.83. The summed E-state index contributed by atoms with van der Waals surface area (Å²) in [6.07, 6.45) is -0.305. The number of allylic oxidation sites excluding steroid dienone is 1. The van der Waals surface area contributed by atoms with Gasteiger partial charge in [0.15, 0.2) is 6.10 Å². The zero-order valence-corrected chi connectivity index (χ0v) is 9.19. The summed E-state index contributed by atoms with van der Waals surface area (Å²) >= 11 is 0. The Morgan fingerprint density at radius 1 is 1.44 bits per heavy atom. The van der Waals surface area contributed by atoms with Crippen molar-refractivity contribution in [3.63, 3.8) is 0 Å². The molecule has 1 rings (SSSR count). The van der Waals surface area contributed by atoms with Crippen molar-refractivity contribution in [3.05, 3.63) is 12.3 Å². The lowest BCUT2D eigenvalue weighted by Gasteiger charge is -2.18. The van der Waals surface area contributed by atoms with Crippen LogP contribution in [-0.2, 0) is 24.0 Å². The lowest BCUT2D eigenvalue weighted by Crippen LogP contribution is -2.33. The first-order valence-electron chi connectivity index (χ1n) is 4.81. The Hall–Kier alpha value is -1.85. The number of hydroxylamine groups is 2. The van der Waals surface area contributed by atoms with E-state index in [2.05, 4.69) is 11.3 Å². The number of rotatable bonds is 3. The molecule has 0 radical (unpaired) electrons. The molecule has 1 atom stereocenters. The molecule has 0 spiro atoms. The maximum Gasteiger partial charge on any atom is 0.372 e. The highest BCUT2D eigenvalue weighted by Gasteiger charge is 2.30. The molecular formula is C10H13NO5. The second-order valence-electron chi connectivity index (χ2n) is 3.42. The van der Waals surface area contributed by atoms with E-state index in [4.69, 9.17) is 4.84 Å². The minimum Gasteiger partial charge on any atom is -0.451 e. The number of ether oxygens (including phenoxy) is 1.